The number of rotatable bonds is 11. The van der Waals surface area contributed by atoms with Crippen molar-refractivity contribution in [3.05, 3.63) is 66.9 Å². The summed E-state index contributed by atoms with van der Waals surface area (Å²) in [6.07, 6.45) is 0.107. The average Bonchev–Trinajstić information content (AvgIpc) is 2.88. The number of nitrogens with two attached hydrogens (primary N) is 1. The molecule has 11 heteroatoms. The highest BCUT2D eigenvalue weighted by Gasteiger charge is 2.38. The van der Waals surface area contributed by atoms with E-state index in [4.69, 9.17) is 25.7 Å². The second-order valence-corrected chi connectivity index (χ2v) is 8.11. The van der Waals surface area contributed by atoms with Gasteiger partial charge in [-0.15, -0.1) is 0 Å². The third-order valence-corrected chi connectivity index (χ3v) is 5.18. The lowest BCUT2D eigenvalue weighted by Gasteiger charge is -2.13. The van der Waals surface area contributed by atoms with Gasteiger partial charge in [0.2, 0.25) is 5.95 Å². The lowest BCUT2D eigenvalue weighted by atomic mass is 10.0. The van der Waals surface area contributed by atoms with Crippen molar-refractivity contribution in [3.63, 3.8) is 0 Å². The number of hydrogen-bond acceptors (Lipinski definition) is 6. The highest BCUT2D eigenvalue weighted by Crippen LogP contribution is 2.30. The van der Waals surface area contributed by atoms with Crippen molar-refractivity contribution >= 4 is 17.9 Å². The fourth-order valence-electron chi connectivity index (χ4n) is 3.30. The average molecular weight is 519 g/mol. The second kappa shape index (κ2) is 14.5. The fraction of sp³-hybridized carbons (Fsp3) is 0.308. The maximum Gasteiger partial charge on any atom is 0.490 e. The predicted octanol–water partition coefficient (Wildman–Crippen LogP) is 5.22. The third-order valence-electron chi connectivity index (χ3n) is 5.18. The lowest BCUT2D eigenvalue weighted by molar-refractivity contribution is -0.192. The third kappa shape index (κ3) is 10.7. The molecule has 3 rings (SSSR count). The first kappa shape index (κ1) is 29.2. The van der Waals surface area contributed by atoms with Gasteiger partial charge in [0, 0.05) is 36.3 Å². The minimum absolute atomic E-state index is 0.0628. The summed E-state index contributed by atoms with van der Waals surface area (Å²) in [6.45, 7) is 0.741. The number of unbranched alkanes of at least 4 members (excludes halogenated alkanes) is 1. The molecule has 1 heterocycles. The van der Waals surface area contributed by atoms with Crippen LogP contribution in [-0.4, -0.2) is 50.9 Å². The molecule has 0 fully saturated rings. The molecule has 2 aromatic carbocycles. The van der Waals surface area contributed by atoms with Gasteiger partial charge in [-0.25, -0.2) is 14.8 Å². The quantitative estimate of drug-likeness (QED) is 0.254. The van der Waals surface area contributed by atoms with Crippen LogP contribution in [0, 0.1) is 0 Å². The van der Waals surface area contributed by atoms with Crippen molar-refractivity contribution in [3.8, 4) is 22.4 Å². The number of alkyl halides is 3. The summed E-state index contributed by atoms with van der Waals surface area (Å²) in [5.41, 5.74) is 9.99. The molecule has 0 aliphatic carbocycles. The van der Waals surface area contributed by atoms with Crippen LogP contribution < -0.4 is 11.1 Å². The van der Waals surface area contributed by atoms with Gasteiger partial charge in [-0.05, 0) is 24.8 Å². The van der Waals surface area contributed by atoms with Gasteiger partial charge < -0.3 is 21.3 Å². The summed E-state index contributed by atoms with van der Waals surface area (Å²) in [4.78, 5) is 28.8. The number of benzene rings is 2. The highest BCUT2D eigenvalue weighted by molar-refractivity contribution is 5.80. The standard InChI is InChI=1S/C24H28N4O2.C2HF3O2/c25-20(14-15-22(29)30)13-7-8-16-26-24-27-17-21(18-9-3-1-4-10-18)23(28-24)19-11-5-2-6-12-19;3-2(4,5)1(6)7/h1-6,9-12,17,20H,7-8,13-16,25H2,(H,29,30)(H,26,27,28);(H,6,7)/t20-;/m1./s1. The Bertz CT molecular complexity index is 1130. The van der Waals surface area contributed by atoms with Gasteiger partial charge in [0.25, 0.3) is 0 Å². The maximum absolute atomic E-state index is 10.6. The number of carboxylic acids is 2. The normalized spacial score (nSPS) is 11.7. The molecular weight excluding hydrogens is 489 g/mol. The van der Waals surface area contributed by atoms with Crippen LogP contribution in [0.25, 0.3) is 22.4 Å². The summed E-state index contributed by atoms with van der Waals surface area (Å²) in [6, 6.07) is 20.2. The number of carbonyl (C=O) groups is 2. The van der Waals surface area contributed by atoms with E-state index in [2.05, 4.69) is 34.6 Å². The summed E-state index contributed by atoms with van der Waals surface area (Å²) in [7, 11) is 0. The Morgan fingerprint density at radius 1 is 0.919 bits per heavy atom. The number of carboxylic acid groups (broad SMARTS) is 2. The number of nitrogens with zero attached hydrogens (tertiary/aromatic N) is 2. The zero-order valence-corrected chi connectivity index (χ0v) is 20.0. The molecule has 0 radical (unpaired) electrons. The first-order valence-corrected chi connectivity index (χ1v) is 11.6. The molecule has 1 atom stereocenters. The Hall–Kier alpha value is -3.99. The van der Waals surface area contributed by atoms with Crippen LogP contribution in [0.1, 0.15) is 32.1 Å². The number of hydrogen-bond donors (Lipinski definition) is 4. The van der Waals surface area contributed by atoms with Crippen LogP contribution in [0.5, 0.6) is 0 Å². The van der Waals surface area contributed by atoms with Crippen molar-refractivity contribution in [2.45, 2.75) is 44.3 Å². The largest absolute Gasteiger partial charge is 0.490 e. The van der Waals surface area contributed by atoms with Crippen LogP contribution in [-0.2, 0) is 9.59 Å². The van der Waals surface area contributed by atoms with Crippen molar-refractivity contribution in [2.24, 2.45) is 5.73 Å². The Labute approximate surface area is 212 Å². The zero-order valence-electron chi connectivity index (χ0n) is 20.0. The molecule has 0 bridgehead atoms. The molecule has 8 nitrogen and oxygen atoms in total. The second-order valence-electron chi connectivity index (χ2n) is 8.11. The van der Waals surface area contributed by atoms with Crippen molar-refractivity contribution in [2.75, 3.05) is 11.9 Å². The van der Waals surface area contributed by atoms with Crippen LogP contribution in [0.15, 0.2) is 66.9 Å². The van der Waals surface area contributed by atoms with Gasteiger partial charge in [0.15, 0.2) is 0 Å². The van der Waals surface area contributed by atoms with E-state index < -0.39 is 18.1 Å². The first-order valence-electron chi connectivity index (χ1n) is 11.6. The summed E-state index contributed by atoms with van der Waals surface area (Å²) >= 11 is 0. The van der Waals surface area contributed by atoms with Crippen LogP contribution in [0.3, 0.4) is 0 Å². The van der Waals surface area contributed by atoms with Crippen LogP contribution in [0.2, 0.25) is 0 Å². The zero-order chi connectivity index (χ0) is 27.3. The molecule has 1 aromatic heterocycles. The van der Waals surface area contributed by atoms with Gasteiger partial charge in [0.05, 0.1) is 5.69 Å². The summed E-state index contributed by atoms with van der Waals surface area (Å²) in [5.74, 6) is -2.95. The number of aliphatic carboxylic acids is 2. The number of anilines is 1. The van der Waals surface area contributed by atoms with Gasteiger partial charge >= 0.3 is 18.1 Å². The Morgan fingerprint density at radius 3 is 2.03 bits per heavy atom. The fourth-order valence-corrected chi connectivity index (χ4v) is 3.30. The Morgan fingerprint density at radius 2 is 1.49 bits per heavy atom. The van der Waals surface area contributed by atoms with Gasteiger partial charge in [0.1, 0.15) is 0 Å². The Balaban J connectivity index is 0.000000604. The topological polar surface area (TPSA) is 138 Å². The van der Waals surface area contributed by atoms with E-state index in [0.717, 1.165) is 48.2 Å². The maximum atomic E-state index is 10.6. The SMILES string of the molecule is N[C@H](CCCCNc1ncc(-c2ccccc2)c(-c2ccccc2)n1)CCC(=O)O.O=C(O)C(F)(F)F. The van der Waals surface area contributed by atoms with E-state index in [0.29, 0.717) is 12.4 Å². The van der Waals surface area contributed by atoms with Crippen LogP contribution in [0.4, 0.5) is 19.1 Å². The smallest absolute Gasteiger partial charge is 0.481 e. The van der Waals surface area contributed by atoms with Crippen molar-refractivity contribution in [1.82, 2.24) is 9.97 Å². The molecule has 37 heavy (non-hydrogen) atoms. The summed E-state index contributed by atoms with van der Waals surface area (Å²) in [5, 5.41) is 19.1. The number of nitrogens with one attached hydrogen (secondary N) is 1. The molecule has 0 saturated carbocycles. The van der Waals surface area contributed by atoms with E-state index in [1.54, 1.807) is 0 Å². The minimum atomic E-state index is -5.08. The van der Waals surface area contributed by atoms with Crippen LogP contribution >= 0.6 is 0 Å². The van der Waals surface area contributed by atoms with E-state index in [-0.39, 0.29) is 12.5 Å². The molecule has 3 aromatic rings. The molecule has 0 aliphatic heterocycles. The van der Waals surface area contributed by atoms with Crippen molar-refractivity contribution < 1.29 is 33.0 Å². The van der Waals surface area contributed by atoms with Crippen molar-refractivity contribution in [1.29, 1.82) is 0 Å². The van der Waals surface area contributed by atoms with E-state index in [1.807, 2.05) is 42.6 Å². The number of halogens is 3. The van der Waals surface area contributed by atoms with Gasteiger partial charge in [-0.2, -0.15) is 13.2 Å². The highest BCUT2D eigenvalue weighted by atomic mass is 19.4. The molecule has 198 valence electrons. The van der Waals surface area contributed by atoms with Gasteiger partial charge in [-0.1, -0.05) is 67.1 Å². The molecular formula is C26H29F3N4O4. The molecule has 0 unspecified atom stereocenters. The summed E-state index contributed by atoms with van der Waals surface area (Å²) < 4.78 is 31.7. The predicted molar refractivity (Wildman–Crippen MR) is 134 cm³/mol. The number of aromatic nitrogens is 2. The van der Waals surface area contributed by atoms with Gasteiger partial charge in [-0.3, -0.25) is 4.79 Å². The molecule has 0 amide bonds. The van der Waals surface area contributed by atoms with E-state index in [9.17, 15) is 18.0 Å². The lowest BCUT2D eigenvalue weighted by Crippen LogP contribution is -2.21. The molecule has 0 spiro atoms. The molecule has 0 aliphatic rings. The van der Waals surface area contributed by atoms with E-state index >= 15 is 0 Å². The Kier molecular flexibility index (Phi) is 11.5. The first-order chi connectivity index (χ1) is 17.6. The minimum Gasteiger partial charge on any atom is -0.481 e. The molecule has 0 saturated heterocycles. The van der Waals surface area contributed by atoms with E-state index in [1.165, 1.54) is 0 Å². The monoisotopic (exact) mass is 518 g/mol. The molecule has 5 N–H and O–H groups in total.